The van der Waals surface area contributed by atoms with E-state index in [1.165, 1.54) is 5.56 Å². The summed E-state index contributed by atoms with van der Waals surface area (Å²) in [5, 5.41) is 12.6. The molecule has 0 spiro atoms. The number of hydrogen-bond donors (Lipinski definition) is 2. The standard InChI is InChI=1S/C14H22N2O2/c17-14-4-2-13(3-5-14)12-15-6-1-7-16-8-10-18-11-9-16/h2-5,15,17H,1,6-12H2. The third-order valence-electron chi connectivity index (χ3n) is 3.20. The fourth-order valence-corrected chi connectivity index (χ4v) is 2.10. The largest absolute Gasteiger partial charge is 0.508 e. The molecule has 4 nitrogen and oxygen atoms in total. The molecule has 0 aliphatic carbocycles. The molecule has 0 radical (unpaired) electrons. The molecule has 1 aromatic rings. The van der Waals surface area contributed by atoms with Crippen molar-refractivity contribution in [2.45, 2.75) is 13.0 Å². The first-order chi connectivity index (χ1) is 8.84. The van der Waals surface area contributed by atoms with Crippen LogP contribution in [-0.4, -0.2) is 49.4 Å². The van der Waals surface area contributed by atoms with Gasteiger partial charge in [-0.3, -0.25) is 4.90 Å². The van der Waals surface area contributed by atoms with E-state index in [4.69, 9.17) is 4.74 Å². The number of nitrogens with one attached hydrogen (secondary N) is 1. The van der Waals surface area contributed by atoms with Crippen molar-refractivity contribution < 1.29 is 9.84 Å². The van der Waals surface area contributed by atoms with Crippen LogP contribution >= 0.6 is 0 Å². The number of hydrogen-bond acceptors (Lipinski definition) is 4. The quantitative estimate of drug-likeness (QED) is 0.745. The maximum absolute atomic E-state index is 9.17. The number of aromatic hydroxyl groups is 1. The van der Waals surface area contributed by atoms with Gasteiger partial charge in [0.1, 0.15) is 5.75 Å². The van der Waals surface area contributed by atoms with E-state index < -0.39 is 0 Å². The molecule has 2 rings (SSSR count). The van der Waals surface area contributed by atoms with E-state index in [0.717, 1.165) is 52.4 Å². The molecule has 4 heteroatoms. The van der Waals surface area contributed by atoms with Gasteiger partial charge in [-0.05, 0) is 37.2 Å². The van der Waals surface area contributed by atoms with Crippen molar-refractivity contribution >= 4 is 0 Å². The van der Waals surface area contributed by atoms with Crippen LogP contribution in [0, 0.1) is 0 Å². The lowest BCUT2D eigenvalue weighted by Crippen LogP contribution is -2.37. The molecule has 0 unspecified atom stereocenters. The zero-order valence-electron chi connectivity index (χ0n) is 10.8. The van der Waals surface area contributed by atoms with Crippen LogP contribution in [0.1, 0.15) is 12.0 Å². The minimum Gasteiger partial charge on any atom is -0.508 e. The number of phenols is 1. The van der Waals surface area contributed by atoms with Crippen molar-refractivity contribution in [2.75, 3.05) is 39.4 Å². The summed E-state index contributed by atoms with van der Waals surface area (Å²) in [6.45, 7) is 6.92. The van der Waals surface area contributed by atoms with Crippen LogP contribution in [0.3, 0.4) is 0 Å². The Bertz CT molecular complexity index is 334. The van der Waals surface area contributed by atoms with Gasteiger partial charge < -0.3 is 15.2 Å². The average molecular weight is 250 g/mol. The number of phenolic OH excluding ortho intramolecular Hbond substituents is 1. The number of morpholine rings is 1. The van der Waals surface area contributed by atoms with Crippen molar-refractivity contribution in [2.24, 2.45) is 0 Å². The minimum atomic E-state index is 0.325. The van der Waals surface area contributed by atoms with Crippen LogP contribution in [-0.2, 0) is 11.3 Å². The Kier molecular flexibility index (Phi) is 5.45. The van der Waals surface area contributed by atoms with Crippen molar-refractivity contribution in [1.29, 1.82) is 0 Å². The van der Waals surface area contributed by atoms with Crippen LogP contribution in [0.25, 0.3) is 0 Å². The zero-order valence-corrected chi connectivity index (χ0v) is 10.8. The third-order valence-corrected chi connectivity index (χ3v) is 3.20. The van der Waals surface area contributed by atoms with Crippen LogP contribution in [0.5, 0.6) is 5.75 Å². The predicted molar refractivity (Wildman–Crippen MR) is 71.7 cm³/mol. The summed E-state index contributed by atoms with van der Waals surface area (Å²) in [6.07, 6.45) is 1.16. The highest BCUT2D eigenvalue weighted by Gasteiger charge is 2.08. The number of nitrogens with zero attached hydrogens (tertiary/aromatic N) is 1. The van der Waals surface area contributed by atoms with Crippen LogP contribution in [0.15, 0.2) is 24.3 Å². The lowest BCUT2D eigenvalue weighted by atomic mass is 10.2. The molecule has 0 aromatic heterocycles. The van der Waals surface area contributed by atoms with Crippen molar-refractivity contribution in [3.05, 3.63) is 29.8 Å². The summed E-state index contributed by atoms with van der Waals surface area (Å²) in [6, 6.07) is 7.35. The molecule has 18 heavy (non-hydrogen) atoms. The molecular formula is C14H22N2O2. The van der Waals surface area contributed by atoms with Gasteiger partial charge in [0.05, 0.1) is 13.2 Å². The van der Waals surface area contributed by atoms with E-state index in [9.17, 15) is 5.11 Å². The van der Waals surface area contributed by atoms with E-state index in [1.807, 2.05) is 12.1 Å². The number of rotatable bonds is 6. The van der Waals surface area contributed by atoms with E-state index >= 15 is 0 Å². The van der Waals surface area contributed by atoms with Crippen molar-refractivity contribution in [1.82, 2.24) is 10.2 Å². The highest BCUT2D eigenvalue weighted by atomic mass is 16.5. The summed E-state index contributed by atoms with van der Waals surface area (Å²) >= 11 is 0. The Hall–Kier alpha value is -1.10. The topological polar surface area (TPSA) is 44.7 Å². The highest BCUT2D eigenvalue weighted by Crippen LogP contribution is 2.09. The normalized spacial score (nSPS) is 16.9. The van der Waals surface area contributed by atoms with E-state index in [0.29, 0.717) is 5.75 Å². The highest BCUT2D eigenvalue weighted by molar-refractivity contribution is 5.25. The Balaban J connectivity index is 1.54. The van der Waals surface area contributed by atoms with Gasteiger partial charge in [-0.1, -0.05) is 12.1 Å². The molecule has 1 aliphatic rings. The van der Waals surface area contributed by atoms with Gasteiger partial charge in [0.15, 0.2) is 0 Å². The SMILES string of the molecule is Oc1ccc(CNCCCN2CCOCC2)cc1. The molecule has 0 saturated carbocycles. The lowest BCUT2D eigenvalue weighted by molar-refractivity contribution is 0.0374. The minimum absolute atomic E-state index is 0.325. The molecule has 1 fully saturated rings. The zero-order chi connectivity index (χ0) is 12.6. The fraction of sp³-hybridized carbons (Fsp3) is 0.571. The lowest BCUT2D eigenvalue weighted by Gasteiger charge is -2.26. The predicted octanol–water partition coefficient (Wildman–Crippen LogP) is 1.20. The number of ether oxygens (including phenoxy) is 1. The Morgan fingerprint density at radius 1 is 1.17 bits per heavy atom. The second kappa shape index (κ2) is 7.36. The molecule has 1 aromatic carbocycles. The Morgan fingerprint density at radius 3 is 2.61 bits per heavy atom. The van der Waals surface area contributed by atoms with Gasteiger partial charge in [0, 0.05) is 19.6 Å². The van der Waals surface area contributed by atoms with Crippen LogP contribution in [0.4, 0.5) is 0 Å². The average Bonchev–Trinajstić information content (AvgIpc) is 2.42. The molecule has 1 heterocycles. The molecule has 0 amide bonds. The monoisotopic (exact) mass is 250 g/mol. The first kappa shape index (κ1) is 13.3. The Labute approximate surface area is 109 Å². The second-order valence-corrected chi connectivity index (χ2v) is 4.65. The summed E-state index contributed by atoms with van der Waals surface area (Å²) in [4.78, 5) is 2.45. The maximum atomic E-state index is 9.17. The summed E-state index contributed by atoms with van der Waals surface area (Å²) in [7, 11) is 0. The van der Waals surface area contributed by atoms with Gasteiger partial charge in [0.25, 0.3) is 0 Å². The van der Waals surface area contributed by atoms with Crippen LogP contribution < -0.4 is 5.32 Å². The smallest absolute Gasteiger partial charge is 0.115 e. The molecule has 1 aliphatic heterocycles. The molecular weight excluding hydrogens is 228 g/mol. The van der Waals surface area contributed by atoms with E-state index in [1.54, 1.807) is 12.1 Å². The van der Waals surface area contributed by atoms with E-state index in [-0.39, 0.29) is 0 Å². The maximum Gasteiger partial charge on any atom is 0.115 e. The van der Waals surface area contributed by atoms with Gasteiger partial charge in [-0.2, -0.15) is 0 Å². The van der Waals surface area contributed by atoms with E-state index in [2.05, 4.69) is 10.2 Å². The molecule has 100 valence electrons. The summed E-state index contributed by atoms with van der Waals surface area (Å²) < 4.78 is 5.32. The van der Waals surface area contributed by atoms with Gasteiger partial charge in [-0.25, -0.2) is 0 Å². The first-order valence-electron chi connectivity index (χ1n) is 6.63. The second-order valence-electron chi connectivity index (χ2n) is 4.65. The Morgan fingerprint density at radius 2 is 1.89 bits per heavy atom. The van der Waals surface area contributed by atoms with Crippen LogP contribution in [0.2, 0.25) is 0 Å². The van der Waals surface area contributed by atoms with Crippen molar-refractivity contribution in [3.63, 3.8) is 0 Å². The molecule has 1 saturated heterocycles. The third kappa shape index (κ3) is 4.64. The fourth-order valence-electron chi connectivity index (χ4n) is 2.10. The van der Waals surface area contributed by atoms with Gasteiger partial charge in [0.2, 0.25) is 0 Å². The van der Waals surface area contributed by atoms with Gasteiger partial charge in [-0.15, -0.1) is 0 Å². The summed E-state index contributed by atoms with van der Waals surface area (Å²) in [5.41, 5.74) is 1.21. The molecule has 0 atom stereocenters. The molecule has 2 N–H and O–H groups in total. The summed E-state index contributed by atoms with van der Waals surface area (Å²) in [5.74, 6) is 0.325. The molecule has 0 bridgehead atoms. The number of benzene rings is 1. The van der Waals surface area contributed by atoms with Gasteiger partial charge >= 0.3 is 0 Å². The first-order valence-corrected chi connectivity index (χ1v) is 6.63. The van der Waals surface area contributed by atoms with Crippen molar-refractivity contribution in [3.8, 4) is 5.75 Å².